The predicted molar refractivity (Wildman–Crippen MR) is 172 cm³/mol. The highest BCUT2D eigenvalue weighted by atomic mass is 19.4. The van der Waals surface area contributed by atoms with Crippen LogP contribution in [0.25, 0.3) is 11.3 Å². The molecule has 51 heavy (non-hydrogen) atoms. The van der Waals surface area contributed by atoms with Crippen molar-refractivity contribution >= 4 is 11.9 Å². The summed E-state index contributed by atoms with van der Waals surface area (Å²) < 4.78 is 101. The summed E-state index contributed by atoms with van der Waals surface area (Å²) in [5, 5.41) is 18.3. The van der Waals surface area contributed by atoms with Crippen LogP contribution in [-0.4, -0.2) is 46.9 Å². The molecule has 0 bridgehead atoms. The molecule has 0 fully saturated rings. The molecule has 0 amide bonds. The van der Waals surface area contributed by atoms with E-state index in [1.165, 1.54) is 36.5 Å². The largest absolute Gasteiger partial charge is 0.496 e. The van der Waals surface area contributed by atoms with E-state index in [0.29, 0.717) is 11.8 Å². The molecule has 0 saturated heterocycles. The van der Waals surface area contributed by atoms with Gasteiger partial charge in [0.1, 0.15) is 17.2 Å². The van der Waals surface area contributed by atoms with Crippen LogP contribution in [0, 0.1) is 11.3 Å². The lowest BCUT2D eigenvalue weighted by Crippen LogP contribution is -2.25. The number of methoxy groups -OCH3 is 2. The summed E-state index contributed by atoms with van der Waals surface area (Å²) in [6, 6.07) is 9.87. The number of anilines is 1. The molecular weight excluding hydrogens is 684 g/mol. The van der Waals surface area contributed by atoms with Crippen LogP contribution in [0.15, 0.2) is 54.9 Å². The highest BCUT2D eigenvalue weighted by Gasteiger charge is 2.36. The fourth-order valence-electron chi connectivity index (χ4n) is 5.10. The van der Waals surface area contributed by atoms with Crippen molar-refractivity contribution in [1.29, 1.82) is 5.26 Å². The number of alkyl halides is 6. The molecule has 0 aliphatic rings. The summed E-state index contributed by atoms with van der Waals surface area (Å²) in [5.74, 6) is -1.34. The van der Waals surface area contributed by atoms with Gasteiger partial charge in [0.25, 0.3) is 0 Å². The number of aromatic nitrogens is 3. The van der Waals surface area contributed by atoms with E-state index in [9.17, 15) is 36.4 Å². The SMILES string of the molecule is COc1cc(CN(Cc2cc(C#N)cc(C(F)(F)F)c2)c2ncc(OCCCC(=O)O)cn2)c(-c2nc(C(C)C)ccc2OC)cc1C(F)(F)F. The highest BCUT2D eigenvalue weighted by molar-refractivity contribution is 5.73. The summed E-state index contributed by atoms with van der Waals surface area (Å²) in [4.78, 5) is 25.5. The molecule has 0 atom stereocenters. The fraction of sp³-hybridized carbons (Fsp3) is 0.343. The monoisotopic (exact) mass is 717 g/mol. The van der Waals surface area contributed by atoms with Crippen LogP contribution >= 0.6 is 0 Å². The standard InChI is InChI=1S/C35H33F6N5O5/c1-20(2)28-7-8-29(49-3)32(45-28)26-14-27(35(39,40)41)30(50-4)13-23(26)19-46(18-22-10-21(15-42)11-24(12-22)34(36,37)38)33-43-16-25(17-44-33)51-9-5-6-31(47)48/h7-8,10-14,16-17,20H,5-6,9,18-19H2,1-4H3,(H,47,48). The van der Waals surface area contributed by atoms with Gasteiger partial charge >= 0.3 is 18.3 Å². The maximum Gasteiger partial charge on any atom is 0.419 e. The van der Waals surface area contributed by atoms with Crippen LogP contribution in [-0.2, 0) is 30.2 Å². The van der Waals surface area contributed by atoms with E-state index in [0.717, 1.165) is 19.2 Å². The fourth-order valence-corrected chi connectivity index (χ4v) is 5.10. The number of benzene rings is 2. The summed E-state index contributed by atoms with van der Waals surface area (Å²) in [6.07, 6.45) is -7.00. The third-order valence-corrected chi connectivity index (χ3v) is 7.56. The topological polar surface area (TPSA) is 131 Å². The molecule has 0 spiro atoms. The smallest absolute Gasteiger partial charge is 0.419 e. The second-order valence-corrected chi connectivity index (χ2v) is 11.6. The zero-order chi connectivity index (χ0) is 37.5. The van der Waals surface area contributed by atoms with Crippen LogP contribution in [0.2, 0.25) is 0 Å². The van der Waals surface area contributed by atoms with E-state index in [1.807, 2.05) is 13.8 Å². The minimum absolute atomic E-state index is 0.00705. The molecule has 0 saturated carbocycles. The molecule has 0 aliphatic carbocycles. The minimum atomic E-state index is -4.84. The predicted octanol–water partition coefficient (Wildman–Crippen LogP) is 8.04. The Balaban J connectivity index is 1.89. The molecule has 2 aromatic heterocycles. The van der Waals surface area contributed by atoms with Crippen molar-refractivity contribution in [3.8, 4) is 34.6 Å². The van der Waals surface area contributed by atoms with E-state index in [-0.39, 0.29) is 83.9 Å². The molecule has 10 nitrogen and oxygen atoms in total. The van der Waals surface area contributed by atoms with Gasteiger partial charge in [-0.1, -0.05) is 13.8 Å². The Hall–Kier alpha value is -5.59. The lowest BCUT2D eigenvalue weighted by molar-refractivity contribution is -0.139. The van der Waals surface area contributed by atoms with Crippen LogP contribution in [0.3, 0.4) is 0 Å². The van der Waals surface area contributed by atoms with Gasteiger partial charge in [0.15, 0.2) is 5.75 Å². The van der Waals surface area contributed by atoms with E-state index in [4.69, 9.17) is 19.3 Å². The number of pyridine rings is 1. The van der Waals surface area contributed by atoms with E-state index in [2.05, 4.69) is 15.0 Å². The normalized spacial score (nSPS) is 11.6. The molecule has 270 valence electrons. The second kappa shape index (κ2) is 16.0. The Morgan fingerprint density at radius 3 is 2.20 bits per heavy atom. The number of carboxylic acids is 1. The van der Waals surface area contributed by atoms with Crippen LogP contribution in [0.5, 0.6) is 17.2 Å². The Bertz CT molecular complexity index is 1890. The lowest BCUT2D eigenvalue weighted by Gasteiger charge is -2.26. The average Bonchev–Trinajstić information content (AvgIpc) is 3.08. The number of aliphatic carboxylic acids is 1. The number of carbonyl (C=O) groups is 1. The number of nitriles is 1. The van der Waals surface area contributed by atoms with Crippen molar-refractivity contribution in [3.63, 3.8) is 0 Å². The molecule has 4 aromatic rings. The van der Waals surface area contributed by atoms with Gasteiger partial charge in [0.05, 0.1) is 56.0 Å². The molecule has 2 heterocycles. The second-order valence-electron chi connectivity index (χ2n) is 11.6. The van der Waals surface area contributed by atoms with Crippen molar-refractivity contribution in [3.05, 3.63) is 88.4 Å². The molecular formula is C35H33F6N5O5. The van der Waals surface area contributed by atoms with Crippen molar-refractivity contribution < 1.29 is 50.5 Å². The number of rotatable bonds is 14. The lowest BCUT2D eigenvalue weighted by atomic mass is 9.97. The Morgan fingerprint density at radius 1 is 0.941 bits per heavy atom. The number of hydrogen-bond acceptors (Lipinski definition) is 9. The third kappa shape index (κ3) is 9.77. The van der Waals surface area contributed by atoms with Gasteiger partial charge in [-0.25, -0.2) is 15.0 Å². The van der Waals surface area contributed by atoms with E-state index >= 15 is 0 Å². The number of halogens is 6. The maximum atomic E-state index is 14.3. The Kier molecular flexibility index (Phi) is 12.0. The Labute approximate surface area is 289 Å². The summed E-state index contributed by atoms with van der Waals surface area (Å²) in [7, 11) is 2.42. The van der Waals surface area contributed by atoms with Crippen molar-refractivity contribution in [2.75, 3.05) is 25.7 Å². The Morgan fingerprint density at radius 2 is 1.63 bits per heavy atom. The number of nitrogens with zero attached hydrogens (tertiary/aromatic N) is 5. The van der Waals surface area contributed by atoms with Gasteiger partial charge < -0.3 is 24.2 Å². The molecule has 16 heteroatoms. The summed E-state index contributed by atoms with van der Waals surface area (Å²) in [6.45, 7) is 3.16. The summed E-state index contributed by atoms with van der Waals surface area (Å²) >= 11 is 0. The first kappa shape index (κ1) is 38.2. The van der Waals surface area contributed by atoms with Crippen molar-refractivity contribution in [2.24, 2.45) is 0 Å². The minimum Gasteiger partial charge on any atom is -0.496 e. The van der Waals surface area contributed by atoms with Gasteiger partial charge in [0.2, 0.25) is 5.95 Å². The van der Waals surface area contributed by atoms with Crippen LogP contribution in [0.1, 0.15) is 66.1 Å². The third-order valence-electron chi connectivity index (χ3n) is 7.56. The first-order valence-corrected chi connectivity index (χ1v) is 15.4. The zero-order valence-corrected chi connectivity index (χ0v) is 27.9. The van der Waals surface area contributed by atoms with E-state index < -0.39 is 35.2 Å². The molecule has 0 radical (unpaired) electrons. The van der Waals surface area contributed by atoms with Gasteiger partial charge in [0, 0.05) is 30.8 Å². The molecule has 0 aliphatic heterocycles. The van der Waals surface area contributed by atoms with Crippen molar-refractivity contribution in [1.82, 2.24) is 15.0 Å². The first-order chi connectivity index (χ1) is 24.0. The molecule has 0 unspecified atom stereocenters. The molecule has 2 aromatic carbocycles. The van der Waals surface area contributed by atoms with Crippen LogP contribution in [0.4, 0.5) is 32.3 Å². The molecule has 4 rings (SSSR count). The number of carboxylic acid groups (broad SMARTS) is 1. The zero-order valence-electron chi connectivity index (χ0n) is 27.9. The summed E-state index contributed by atoms with van der Waals surface area (Å²) in [5.41, 5.74) is -1.52. The van der Waals surface area contributed by atoms with E-state index in [1.54, 1.807) is 18.2 Å². The van der Waals surface area contributed by atoms with Gasteiger partial charge in [-0.2, -0.15) is 31.6 Å². The molecule has 1 N–H and O–H groups in total. The quantitative estimate of drug-likeness (QED) is 0.101. The van der Waals surface area contributed by atoms with Gasteiger partial charge in [-0.05, 0) is 65.9 Å². The highest BCUT2D eigenvalue weighted by Crippen LogP contribution is 2.43. The van der Waals surface area contributed by atoms with Gasteiger partial charge in [-0.15, -0.1) is 0 Å². The number of hydrogen-bond donors (Lipinski definition) is 1. The van der Waals surface area contributed by atoms with Crippen molar-refractivity contribution in [2.45, 2.75) is 58.0 Å². The first-order valence-electron chi connectivity index (χ1n) is 15.4. The van der Waals surface area contributed by atoms with Gasteiger partial charge in [-0.3, -0.25) is 4.79 Å². The van der Waals surface area contributed by atoms with Crippen LogP contribution < -0.4 is 19.1 Å². The maximum absolute atomic E-state index is 14.3. The average molecular weight is 718 g/mol. The number of ether oxygens (including phenoxy) is 3.